The van der Waals surface area contributed by atoms with Crippen LogP contribution in [0.5, 0.6) is 0 Å². The second-order valence-electron chi connectivity index (χ2n) is 9.92. The number of amides is 3. The maximum Gasteiger partial charge on any atom is 0.408 e. The SMILES string of the molecule is Cc1ccc(C(C(=O)NC2CCCCC2)N(C)C(=O)C(C)NC(=O)OC(C)(C)C)c(C)c1. The summed E-state index contributed by atoms with van der Waals surface area (Å²) in [4.78, 5) is 40.2. The van der Waals surface area contributed by atoms with E-state index in [1.807, 2.05) is 32.0 Å². The van der Waals surface area contributed by atoms with Crippen molar-refractivity contribution in [3.05, 3.63) is 34.9 Å². The van der Waals surface area contributed by atoms with E-state index in [0.717, 1.165) is 42.4 Å². The van der Waals surface area contributed by atoms with Gasteiger partial charge in [-0.3, -0.25) is 9.59 Å². The summed E-state index contributed by atoms with van der Waals surface area (Å²) in [7, 11) is 1.61. The van der Waals surface area contributed by atoms with Gasteiger partial charge in [0.15, 0.2) is 0 Å². The molecule has 7 nitrogen and oxygen atoms in total. The number of likely N-dealkylation sites (N-methyl/N-ethyl adjacent to an activating group) is 1. The zero-order valence-corrected chi connectivity index (χ0v) is 20.6. The van der Waals surface area contributed by atoms with Crippen molar-refractivity contribution < 1.29 is 19.1 Å². The first-order chi connectivity index (χ1) is 14.9. The average molecular weight is 446 g/mol. The van der Waals surface area contributed by atoms with Crippen LogP contribution in [-0.4, -0.2) is 47.5 Å². The molecule has 0 bridgehead atoms. The highest BCUT2D eigenvalue weighted by Crippen LogP contribution is 2.26. The van der Waals surface area contributed by atoms with E-state index >= 15 is 0 Å². The van der Waals surface area contributed by atoms with Gasteiger partial charge >= 0.3 is 6.09 Å². The number of alkyl carbamates (subject to hydrolysis) is 1. The van der Waals surface area contributed by atoms with Crippen molar-refractivity contribution in [3.8, 4) is 0 Å². The Labute approximate surface area is 192 Å². The number of nitrogens with one attached hydrogen (secondary N) is 2. The number of benzene rings is 1. The van der Waals surface area contributed by atoms with Crippen LogP contribution < -0.4 is 10.6 Å². The number of carbonyl (C=O) groups excluding carboxylic acids is 3. The molecule has 7 heteroatoms. The number of nitrogens with zero attached hydrogens (tertiary/aromatic N) is 1. The minimum Gasteiger partial charge on any atom is -0.444 e. The number of hydrogen-bond donors (Lipinski definition) is 2. The van der Waals surface area contributed by atoms with Gasteiger partial charge in [-0.05, 0) is 65.5 Å². The number of carbonyl (C=O) groups is 3. The Morgan fingerprint density at radius 1 is 1.09 bits per heavy atom. The zero-order chi connectivity index (χ0) is 24.1. The molecule has 1 aliphatic rings. The van der Waals surface area contributed by atoms with Crippen molar-refractivity contribution in [2.75, 3.05) is 7.05 Å². The number of ether oxygens (including phenoxy) is 1. The molecule has 2 N–H and O–H groups in total. The normalized spacial score (nSPS) is 16.6. The zero-order valence-electron chi connectivity index (χ0n) is 20.6. The second-order valence-corrected chi connectivity index (χ2v) is 9.92. The van der Waals surface area contributed by atoms with E-state index in [1.54, 1.807) is 34.7 Å². The Kier molecular flexibility index (Phi) is 8.70. The highest BCUT2D eigenvalue weighted by Gasteiger charge is 2.34. The highest BCUT2D eigenvalue weighted by molar-refractivity contribution is 5.92. The van der Waals surface area contributed by atoms with Crippen LogP contribution in [0, 0.1) is 13.8 Å². The monoisotopic (exact) mass is 445 g/mol. The summed E-state index contributed by atoms with van der Waals surface area (Å²) in [5, 5.41) is 5.74. The van der Waals surface area contributed by atoms with Crippen LogP contribution in [0.2, 0.25) is 0 Å². The molecule has 0 aliphatic heterocycles. The smallest absolute Gasteiger partial charge is 0.408 e. The lowest BCUT2D eigenvalue weighted by molar-refractivity contribution is -0.140. The quantitative estimate of drug-likeness (QED) is 0.688. The van der Waals surface area contributed by atoms with Gasteiger partial charge in [-0.15, -0.1) is 0 Å². The molecule has 1 fully saturated rings. The van der Waals surface area contributed by atoms with Crippen molar-refractivity contribution in [1.29, 1.82) is 0 Å². The number of rotatable bonds is 6. The summed E-state index contributed by atoms with van der Waals surface area (Å²) in [6.45, 7) is 10.8. The van der Waals surface area contributed by atoms with Crippen molar-refractivity contribution in [3.63, 3.8) is 0 Å². The van der Waals surface area contributed by atoms with Crippen molar-refractivity contribution in [2.24, 2.45) is 0 Å². The van der Waals surface area contributed by atoms with Crippen LogP contribution in [-0.2, 0) is 14.3 Å². The van der Waals surface area contributed by atoms with E-state index in [2.05, 4.69) is 10.6 Å². The van der Waals surface area contributed by atoms with E-state index in [4.69, 9.17) is 4.74 Å². The Balaban J connectivity index is 2.24. The molecule has 3 amide bonds. The van der Waals surface area contributed by atoms with Gasteiger partial charge in [0.25, 0.3) is 0 Å². The van der Waals surface area contributed by atoms with Crippen LogP contribution >= 0.6 is 0 Å². The molecule has 1 aliphatic carbocycles. The maximum absolute atomic E-state index is 13.4. The third kappa shape index (κ3) is 7.24. The van der Waals surface area contributed by atoms with Gasteiger partial charge in [0.2, 0.25) is 11.8 Å². The van der Waals surface area contributed by atoms with Crippen LogP contribution in [0.15, 0.2) is 18.2 Å². The van der Waals surface area contributed by atoms with Crippen LogP contribution in [0.4, 0.5) is 4.79 Å². The van der Waals surface area contributed by atoms with Crippen molar-refractivity contribution in [1.82, 2.24) is 15.5 Å². The Hall–Kier alpha value is -2.57. The molecule has 178 valence electrons. The standard InChI is InChI=1S/C25H39N3O4/c1-16-13-14-20(17(2)15-16)21(22(29)27-19-11-9-8-10-12-19)28(7)23(30)18(3)26-24(31)32-25(4,5)6/h13-15,18-19,21H,8-12H2,1-7H3,(H,26,31)(H,27,29). The van der Waals surface area contributed by atoms with Crippen molar-refractivity contribution in [2.45, 2.75) is 97.4 Å². The van der Waals surface area contributed by atoms with Gasteiger partial charge < -0.3 is 20.3 Å². The van der Waals surface area contributed by atoms with Crippen LogP contribution in [0.25, 0.3) is 0 Å². The first-order valence-electron chi connectivity index (χ1n) is 11.5. The third-order valence-electron chi connectivity index (χ3n) is 5.76. The highest BCUT2D eigenvalue weighted by atomic mass is 16.6. The van der Waals surface area contributed by atoms with E-state index in [1.165, 1.54) is 11.3 Å². The predicted molar refractivity (Wildman–Crippen MR) is 125 cm³/mol. The molecule has 1 aromatic carbocycles. The summed E-state index contributed by atoms with van der Waals surface area (Å²) in [6, 6.07) is 4.37. The molecule has 0 radical (unpaired) electrons. The third-order valence-corrected chi connectivity index (χ3v) is 5.76. The lowest BCUT2D eigenvalue weighted by Crippen LogP contribution is -2.51. The molecule has 0 spiro atoms. The molecule has 32 heavy (non-hydrogen) atoms. The minimum atomic E-state index is -0.842. The Morgan fingerprint density at radius 3 is 2.28 bits per heavy atom. The maximum atomic E-state index is 13.4. The molecule has 0 heterocycles. The molecular formula is C25H39N3O4. The predicted octanol–water partition coefficient (Wildman–Crippen LogP) is 4.17. The van der Waals surface area contributed by atoms with Gasteiger partial charge in [0.1, 0.15) is 17.7 Å². The summed E-state index contributed by atoms with van der Waals surface area (Å²) >= 11 is 0. The van der Waals surface area contributed by atoms with Gasteiger partial charge in [-0.2, -0.15) is 0 Å². The number of hydrogen-bond acceptors (Lipinski definition) is 4. The molecule has 1 saturated carbocycles. The van der Waals surface area contributed by atoms with Gasteiger partial charge in [0, 0.05) is 13.1 Å². The lowest BCUT2D eigenvalue weighted by atomic mass is 9.93. The van der Waals surface area contributed by atoms with Crippen LogP contribution in [0.3, 0.4) is 0 Å². The molecule has 1 aromatic rings. The van der Waals surface area contributed by atoms with Crippen molar-refractivity contribution >= 4 is 17.9 Å². The average Bonchev–Trinajstić information content (AvgIpc) is 2.68. The molecule has 2 rings (SSSR count). The van der Waals surface area contributed by atoms with E-state index < -0.39 is 23.8 Å². The van der Waals surface area contributed by atoms with Gasteiger partial charge in [-0.25, -0.2) is 4.79 Å². The van der Waals surface area contributed by atoms with Crippen LogP contribution in [0.1, 0.15) is 82.5 Å². The molecular weight excluding hydrogens is 406 g/mol. The first-order valence-corrected chi connectivity index (χ1v) is 11.5. The molecule has 2 atom stereocenters. The fourth-order valence-corrected chi connectivity index (χ4v) is 4.16. The van der Waals surface area contributed by atoms with E-state index in [0.29, 0.717) is 0 Å². The Bertz CT molecular complexity index is 825. The fraction of sp³-hybridized carbons (Fsp3) is 0.640. The summed E-state index contributed by atoms with van der Waals surface area (Å²) < 4.78 is 5.26. The molecule has 2 unspecified atom stereocenters. The first kappa shape index (κ1) is 25.7. The fourth-order valence-electron chi connectivity index (χ4n) is 4.16. The van der Waals surface area contributed by atoms with Gasteiger partial charge in [-0.1, -0.05) is 43.0 Å². The lowest BCUT2D eigenvalue weighted by Gasteiger charge is -2.33. The molecule has 0 aromatic heterocycles. The van der Waals surface area contributed by atoms with E-state index in [-0.39, 0.29) is 17.9 Å². The van der Waals surface area contributed by atoms with Gasteiger partial charge in [0.05, 0.1) is 0 Å². The molecule has 0 saturated heterocycles. The van der Waals surface area contributed by atoms with E-state index in [9.17, 15) is 14.4 Å². The minimum absolute atomic E-state index is 0.130. The number of aryl methyl sites for hydroxylation is 2. The summed E-state index contributed by atoms with van der Waals surface area (Å²) in [5.74, 6) is -0.552. The topological polar surface area (TPSA) is 87.7 Å². The largest absolute Gasteiger partial charge is 0.444 e. The second kappa shape index (κ2) is 10.8. The Morgan fingerprint density at radius 2 is 1.72 bits per heavy atom. The summed E-state index contributed by atoms with van der Waals surface area (Å²) in [6.07, 6.45) is 4.65. The summed E-state index contributed by atoms with van der Waals surface area (Å²) in [5.41, 5.74) is 2.15.